The Morgan fingerprint density at radius 1 is 1.10 bits per heavy atom. The normalized spacial score (nSPS) is 24.5. The number of carboxylic acids is 1. The van der Waals surface area contributed by atoms with Crippen LogP contribution in [0.15, 0.2) is 42.5 Å². The van der Waals surface area contributed by atoms with Crippen LogP contribution in [0.25, 0.3) is 0 Å². The molecule has 1 fully saturated rings. The lowest BCUT2D eigenvalue weighted by Crippen LogP contribution is -2.44. The maximum Gasteiger partial charge on any atom is 0.321 e. The summed E-state index contributed by atoms with van der Waals surface area (Å²) in [6, 6.07) is 10.1. The van der Waals surface area contributed by atoms with Crippen molar-refractivity contribution in [3.05, 3.63) is 69.5 Å². The van der Waals surface area contributed by atoms with Crippen molar-refractivity contribution in [3.63, 3.8) is 0 Å². The Morgan fingerprint density at radius 3 is 2.32 bits per heavy atom. The second-order valence-electron chi connectivity index (χ2n) is 9.31. The monoisotopic (exact) mass is 469 g/mol. The number of carbonyl (C=O) groups is 1. The van der Waals surface area contributed by atoms with Crippen LogP contribution in [0.3, 0.4) is 0 Å². The molecule has 31 heavy (non-hydrogen) atoms. The third-order valence-electron chi connectivity index (χ3n) is 5.90. The van der Waals surface area contributed by atoms with Gasteiger partial charge in [0.2, 0.25) is 0 Å². The summed E-state index contributed by atoms with van der Waals surface area (Å²) in [4.78, 5) is 14.2. The molecule has 0 spiro atoms. The molecule has 2 aromatic carbocycles. The Morgan fingerprint density at radius 2 is 1.77 bits per heavy atom. The van der Waals surface area contributed by atoms with Gasteiger partial charge in [-0.3, -0.25) is 9.69 Å². The van der Waals surface area contributed by atoms with Crippen LogP contribution in [-0.2, 0) is 4.79 Å². The van der Waals surface area contributed by atoms with Crippen LogP contribution < -0.4 is 0 Å². The molecule has 0 aliphatic carbocycles. The first-order valence-corrected chi connectivity index (χ1v) is 11.0. The average Bonchev–Trinajstić information content (AvgIpc) is 2.95. The third kappa shape index (κ3) is 5.21. The molecule has 1 aliphatic rings. The number of likely N-dealkylation sites (tertiary alicyclic amines) is 1. The van der Waals surface area contributed by atoms with E-state index in [1.54, 1.807) is 41.3 Å². The highest BCUT2D eigenvalue weighted by Crippen LogP contribution is 2.52. The van der Waals surface area contributed by atoms with Gasteiger partial charge in [-0.25, -0.2) is 8.78 Å². The first-order chi connectivity index (χ1) is 14.5. The summed E-state index contributed by atoms with van der Waals surface area (Å²) in [5, 5.41) is 10.9. The van der Waals surface area contributed by atoms with E-state index >= 15 is 4.39 Å². The van der Waals surface area contributed by atoms with Gasteiger partial charge in [0.05, 0.1) is 0 Å². The molecule has 168 valence electrons. The molecule has 1 aliphatic heterocycles. The van der Waals surface area contributed by atoms with Crippen molar-refractivity contribution in [2.75, 3.05) is 13.2 Å². The van der Waals surface area contributed by atoms with Crippen molar-refractivity contribution in [2.45, 2.75) is 51.1 Å². The molecule has 2 aromatic rings. The minimum Gasteiger partial charge on any atom is -0.480 e. The van der Waals surface area contributed by atoms with Gasteiger partial charge in [-0.2, -0.15) is 0 Å². The van der Waals surface area contributed by atoms with Crippen molar-refractivity contribution >= 4 is 29.2 Å². The van der Waals surface area contributed by atoms with Crippen LogP contribution in [0.2, 0.25) is 10.0 Å². The largest absolute Gasteiger partial charge is 0.480 e. The molecular formula is C24H27Cl2F2NO2. The highest BCUT2D eigenvalue weighted by molar-refractivity contribution is 6.30. The molecular weight excluding hydrogens is 443 g/mol. The molecule has 1 heterocycles. The van der Waals surface area contributed by atoms with E-state index in [2.05, 4.69) is 0 Å². The maximum atomic E-state index is 15.2. The summed E-state index contributed by atoms with van der Waals surface area (Å²) >= 11 is 12.2. The van der Waals surface area contributed by atoms with E-state index in [1.165, 1.54) is 6.07 Å². The molecule has 3 rings (SSSR count). The van der Waals surface area contributed by atoms with E-state index in [1.807, 2.05) is 20.8 Å². The SMILES string of the molecule is CC(C)(C)CC1C(c2ccc(Cl)cc2F)C(c2cccc(Cl)c2)C(C(=O)O)N1CCF. The molecule has 1 N–H and O–H groups in total. The summed E-state index contributed by atoms with van der Waals surface area (Å²) in [5.41, 5.74) is 0.892. The molecule has 4 atom stereocenters. The Balaban J connectivity index is 2.26. The number of rotatable bonds is 6. The van der Waals surface area contributed by atoms with Crippen LogP contribution in [0.1, 0.15) is 50.2 Å². The van der Waals surface area contributed by atoms with Gasteiger partial charge in [0.1, 0.15) is 18.5 Å². The van der Waals surface area contributed by atoms with Crippen LogP contribution in [-0.4, -0.2) is 41.3 Å². The lowest BCUT2D eigenvalue weighted by Gasteiger charge is -2.34. The maximum absolute atomic E-state index is 15.2. The van der Waals surface area contributed by atoms with E-state index in [0.29, 0.717) is 22.6 Å². The summed E-state index contributed by atoms with van der Waals surface area (Å²) in [5.74, 6) is -2.67. The molecule has 0 saturated carbocycles. The zero-order chi connectivity index (χ0) is 22.9. The number of aliphatic carboxylic acids is 1. The van der Waals surface area contributed by atoms with Gasteiger partial charge in [-0.1, -0.05) is 62.2 Å². The van der Waals surface area contributed by atoms with Crippen molar-refractivity contribution in [3.8, 4) is 0 Å². The van der Waals surface area contributed by atoms with Crippen molar-refractivity contribution in [1.29, 1.82) is 0 Å². The standard InChI is InChI=1S/C24H27Cl2F2NO2/c1-24(2,3)13-19-21(17-8-7-16(26)12-18(17)28)20(14-5-4-6-15(25)11-14)22(23(30)31)29(19)10-9-27/h4-8,11-12,19-22H,9-10,13H2,1-3H3,(H,30,31). The number of alkyl halides is 1. The lowest BCUT2D eigenvalue weighted by atomic mass is 9.74. The van der Waals surface area contributed by atoms with E-state index in [-0.39, 0.29) is 23.0 Å². The molecule has 7 heteroatoms. The average molecular weight is 470 g/mol. The van der Waals surface area contributed by atoms with Crippen LogP contribution >= 0.6 is 23.2 Å². The molecule has 0 radical (unpaired) electrons. The van der Waals surface area contributed by atoms with Crippen molar-refractivity contribution in [2.24, 2.45) is 5.41 Å². The Hall–Kier alpha value is -1.69. The van der Waals surface area contributed by atoms with Crippen LogP contribution in [0.5, 0.6) is 0 Å². The predicted octanol–water partition coefficient (Wildman–Crippen LogP) is 6.54. The number of hydrogen-bond donors (Lipinski definition) is 1. The fourth-order valence-electron chi connectivity index (χ4n) is 4.90. The van der Waals surface area contributed by atoms with Gasteiger partial charge in [0, 0.05) is 34.5 Å². The molecule has 0 amide bonds. The van der Waals surface area contributed by atoms with Crippen LogP contribution in [0.4, 0.5) is 8.78 Å². The zero-order valence-corrected chi connectivity index (χ0v) is 19.3. The molecule has 3 nitrogen and oxygen atoms in total. The van der Waals surface area contributed by atoms with Crippen LogP contribution in [0, 0.1) is 11.2 Å². The van der Waals surface area contributed by atoms with Crippen molar-refractivity contribution in [1.82, 2.24) is 4.90 Å². The molecule has 0 aromatic heterocycles. The predicted molar refractivity (Wildman–Crippen MR) is 120 cm³/mol. The minimum absolute atomic E-state index is 0.0412. The second kappa shape index (κ2) is 9.43. The van der Waals surface area contributed by atoms with E-state index in [4.69, 9.17) is 23.2 Å². The molecule has 4 unspecified atom stereocenters. The number of benzene rings is 2. The van der Waals surface area contributed by atoms with E-state index in [9.17, 15) is 14.3 Å². The van der Waals surface area contributed by atoms with Gasteiger partial charge in [-0.05, 0) is 47.2 Å². The molecule has 0 bridgehead atoms. The van der Waals surface area contributed by atoms with Gasteiger partial charge in [-0.15, -0.1) is 0 Å². The summed E-state index contributed by atoms with van der Waals surface area (Å²) < 4.78 is 28.8. The van der Waals surface area contributed by atoms with Gasteiger partial charge in [0.25, 0.3) is 0 Å². The Kier molecular flexibility index (Phi) is 7.29. The zero-order valence-electron chi connectivity index (χ0n) is 17.8. The lowest BCUT2D eigenvalue weighted by molar-refractivity contribution is -0.143. The third-order valence-corrected chi connectivity index (χ3v) is 6.37. The summed E-state index contributed by atoms with van der Waals surface area (Å²) in [6.07, 6.45) is 0.570. The first-order valence-electron chi connectivity index (χ1n) is 10.3. The topological polar surface area (TPSA) is 40.5 Å². The Labute approximate surface area is 192 Å². The van der Waals surface area contributed by atoms with Gasteiger partial charge < -0.3 is 5.11 Å². The van der Waals surface area contributed by atoms with Crippen molar-refractivity contribution < 1.29 is 18.7 Å². The number of nitrogens with zero attached hydrogens (tertiary/aromatic N) is 1. The highest BCUT2D eigenvalue weighted by Gasteiger charge is 2.54. The number of carboxylic acid groups (broad SMARTS) is 1. The minimum atomic E-state index is -1.06. The molecule has 1 saturated heterocycles. The van der Waals surface area contributed by atoms with E-state index < -0.39 is 36.3 Å². The number of halogens is 4. The smallest absolute Gasteiger partial charge is 0.321 e. The Bertz CT molecular complexity index is 947. The summed E-state index contributed by atoms with van der Waals surface area (Å²) in [6.45, 7) is 5.39. The second-order valence-corrected chi connectivity index (χ2v) is 10.2. The van der Waals surface area contributed by atoms with Gasteiger partial charge >= 0.3 is 5.97 Å². The number of hydrogen-bond acceptors (Lipinski definition) is 2. The highest BCUT2D eigenvalue weighted by atomic mass is 35.5. The fourth-order valence-corrected chi connectivity index (χ4v) is 5.26. The first kappa shape index (κ1) is 24.0. The quantitative estimate of drug-likeness (QED) is 0.521. The summed E-state index contributed by atoms with van der Waals surface area (Å²) in [7, 11) is 0. The van der Waals surface area contributed by atoms with Gasteiger partial charge in [0.15, 0.2) is 0 Å². The fraction of sp³-hybridized carbons (Fsp3) is 0.458. The van der Waals surface area contributed by atoms with E-state index in [0.717, 1.165) is 0 Å².